The first-order valence-corrected chi connectivity index (χ1v) is 7.04. The van der Waals surface area contributed by atoms with Crippen molar-refractivity contribution in [3.8, 4) is 0 Å². The molecule has 4 heteroatoms. The SMILES string of the molecule is CC(C)CC(C)Nc1cnc(Nc2ccccc2)nc1. The molecular formula is C16H22N4. The molecule has 2 rings (SSSR count). The van der Waals surface area contributed by atoms with E-state index >= 15 is 0 Å². The first kappa shape index (κ1) is 14.3. The molecule has 20 heavy (non-hydrogen) atoms. The van der Waals surface area contributed by atoms with Crippen molar-refractivity contribution in [2.24, 2.45) is 5.92 Å². The number of para-hydroxylation sites is 1. The van der Waals surface area contributed by atoms with Gasteiger partial charge in [-0.15, -0.1) is 0 Å². The van der Waals surface area contributed by atoms with Gasteiger partial charge in [0.25, 0.3) is 0 Å². The first-order chi connectivity index (χ1) is 9.63. The summed E-state index contributed by atoms with van der Waals surface area (Å²) in [5.41, 5.74) is 1.94. The van der Waals surface area contributed by atoms with Crippen molar-refractivity contribution in [1.29, 1.82) is 0 Å². The lowest BCUT2D eigenvalue weighted by Crippen LogP contribution is -2.17. The summed E-state index contributed by atoms with van der Waals surface area (Å²) in [6.45, 7) is 6.62. The molecular weight excluding hydrogens is 248 g/mol. The highest BCUT2D eigenvalue weighted by Gasteiger charge is 2.05. The third kappa shape index (κ3) is 4.53. The summed E-state index contributed by atoms with van der Waals surface area (Å²) < 4.78 is 0. The fraction of sp³-hybridized carbons (Fsp3) is 0.375. The number of hydrogen-bond acceptors (Lipinski definition) is 4. The van der Waals surface area contributed by atoms with Gasteiger partial charge in [0.1, 0.15) is 0 Å². The van der Waals surface area contributed by atoms with Gasteiger partial charge in [0, 0.05) is 11.7 Å². The average molecular weight is 270 g/mol. The van der Waals surface area contributed by atoms with E-state index in [0.29, 0.717) is 17.9 Å². The van der Waals surface area contributed by atoms with Gasteiger partial charge in [-0.2, -0.15) is 0 Å². The van der Waals surface area contributed by atoms with Crippen molar-refractivity contribution in [3.63, 3.8) is 0 Å². The van der Waals surface area contributed by atoms with E-state index < -0.39 is 0 Å². The van der Waals surface area contributed by atoms with Crippen LogP contribution in [0.15, 0.2) is 42.7 Å². The standard InChI is InChI=1S/C16H22N4/c1-12(2)9-13(3)19-15-10-17-16(18-11-15)20-14-7-5-4-6-8-14/h4-8,10-13,19H,9H2,1-3H3,(H,17,18,20). The quantitative estimate of drug-likeness (QED) is 0.831. The highest BCUT2D eigenvalue weighted by atomic mass is 15.1. The molecule has 4 nitrogen and oxygen atoms in total. The fourth-order valence-corrected chi connectivity index (χ4v) is 2.17. The molecule has 0 amide bonds. The number of rotatable bonds is 6. The van der Waals surface area contributed by atoms with Gasteiger partial charge in [0.2, 0.25) is 5.95 Å². The third-order valence-corrected chi connectivity index (χ3v) is 2.92. The second kappa shape index (κ2) is 6.89. The average Bonchev–Trinajstić information content (AvgIpc) is 2.41. The van der Waals surface area contributed by atoms with Crippen LogP contribution < -0.4 is 10.6 Å². The predicted molar refractivity (Wildman–Crippen MR) is 84.3 cm³/mol. The van der Waals surface area contributed by atoms with Gasteiger partial charge in [-0.05, 0) is 31.4 Å². The molecule has 1 aromatic heterocycles. The smallest absolute Gasteiger partial charge is 0.227 e. The third-order valence-electron chi connectivity index (χ3n) is 2.92. The van der Waals surface area contributed by atoms with Gasteiger partial charge in [0.05, 0.1) is 18.1 Å². The molecule has 0 radical (unpaired) electrons. The van der Waals surface area contributed by atoms with Crippen molar-refractivity contribution < 1.29 is 0 Å². The van der Waals surface area contributed by atoms with Gasteiger partial charge in [0.15, 0.2) is 0 Å². The van der Waals surface area contributed by atoms with Gasteiger partial charge < -0.3 is 10.6 Å². The molecule has 2 N–H and O–H groups in total. The van der Waals surface area contributed by atoms with Crippen LogP contribution in [0.4, 0.5) is 17.3 Å². The highest BCUT2D eigenvalue weighted by Crippen LogP contribution is 2.14. The normalized spacial score (nSPS) is 12.2. The van der Waals surface area contributed by atoms with E-state index in [1.165, 1.54) is 0 Å². The van der Waals surface area contributed by atoms with Crippen LogP contribution in [0.25, 0.3) is 0 Å². The van der Waals surface area contributed by atoms with E-state index in [4.69, 9.17) is 0 Å². The van der Waals surface area contributed by atoms with Gasteiger partial charge in [-0.3, -0.25) is 0 Å². The van der Waals surface area contributed by atoms with Crippen LogP contribution in [-0.4, -0.2) is 16.0 Å². The molecule has 0 bridgehead atoms. The van der Waals surface area contributed by atoms with Crippen LogP contribution in [0.2, 0.25) is 0 Å². The molecule has 1 unspecified atom stereocenters. The Morgan fingerprint density at radius 1 is 0.950 bits per heavy atom. The number of nitrogens with zero attached hydrogens (tertiary/aromatic N) is 2. The summed E-state index contributed by atoms with van der Waals surface area (Å²) in [7, 11) is 0. The van der Waals surface area contributed by atoms with Gasteiger partial charge >= 0.3 is 0 Å². The summed E-state index contributed by atoms with van der Waals surface area (Å²) in [5, 5.41) is 6.58. The zero-order chi connectivity index (χ0) is 14.4. The molecule has 0 spiro atoms. The summed E-state index contributed by atoms with van der Waals surface area (Å²) in [4.78, 5) is 8.64. The fourth-order valence-electron chi connectivity index (χ4n) is 2.17. The van der Waals surface area contributed by atoms with Crippen LogP contribution in [-0.2, 0) is 0 Å². The van der Waals surface area contributed by atoms with Crippen LogP contribution in [0, 0.1) is 5.92 Å². The van der Waals surface area contributed by atoms with Gasteiger partial charge in [-0.25, -0.2) is 9.97 Å². The number of aromatic nitrogens is 2. The van der Waals surface area contributed by atoms with E-state index in [1.54, 1.807) is 0 Å². The molecule has 0 aliphatic carbocycles. The molecule has 1 atom stereocenters. The topological polar surface area (TPSA) is 49.8 Å². The number of hydrogen-bond donors (Lipinski definition) is 2. The lowest BCUT2D eigenvalue weighted by atomic mass is 10.1. The van der Waals surface area contributed by atoms with Crippen LogP contribution >= 0.6 is 0 Å². The lowest BCUT2D eigenvalue weighted by Gasteiger charge is -2.16. The summed E-state index contributed by atoms with van der Waals surface area (Å²) in [6, 6.07) is 10.3. The summed E-state index contributed by atoms with van der Waals surface area (Å²) >= 11 is 0. The second-order valence-corrected chi connectivity index (χ2v) is 5.46. The minimum atomic E-state index is 0.423. The van der Waals surface area contributed by atoms with Crippen molar-refractivity contribution in [2.45, 2.75) is 33.2 Å². The van der Waals surface area contributed by atoms with Crippen molar-refractivity contribution in [3.05, 3.63) is 42.7 Å². The molecule has 106 valence electrons. The monoisotopic (exact) mass is 270 g/mol. The maximum absolute atomic E-state index is 4.32. The Morgan fingerprint density at radius 2 is 1.60 bits per heavy atom. The molecule has 1 aromatic carbocycles. The molecule has 0 fully saturated rings. The first-order valence-electron chi connectivity index (χ1n) is 7.04. The minimum absolute atomic E-state index is 0.423. The Kier molecular flexibility index (Phi) is 4.93. The number of benzene rings is 1. The van der Waals surface area contributed by atoms with Crippen LogP contribution in [0.3, 0.4) is 0 Å². The lowest BCUT2D eigenvalue weighted by molar-refractivity contribution is 0.539. The molecule has 0 saturated heterocycles. The van der Waals surface area contributed by atoms with Crippen molar-refractivity contribution in [2.75, 3.05) is 10.6 Å². The maximum atomic E-state index is 4.32. The van der Waals surface area contributed by atoms with Crippen LogP contribution in [0.5, 0.6) is 0 Å². The summed E-state index contributed by atoms with van der Waals surface area (Å²) in [5.74, 6) is 1.29. The zero-order valence-corrected chi connectivity index (χ0v) is 12.3. The summed E-state index contributed by atoms with van der Waals surface area (Å²) in [6.07, 6.45) is 4.76. The van der Waals surface area contributed by atoms with Crippen LogP contribution in [0.1, 0.15) is 27.2 Å². The molecule has 0 aliphatic rings. The van der Waals surface area contributed by atoms with Gasteiger partial charge in [-0.1, -0.05) is 32.0 Å². The highest BCUT2D eigenvalue weighted by molar-refractivity contribution is 5.53. The van der Waals surface area contributed by atoms with E-state index in [0.717, 1.165) is 17.8 Å². The predicted octanol–water partition coefficient (Wildman–Crippen LogP) is 4.07. The van der Waals surface area contributed by atoms with E-state index in [2.05, 4.69) is 41.4 Å². The molecule has 0 aliphatic heterocycles. The Labute approximate surface area is 120 Å². The van der Waals surface area contributed by atoms with Crippen molar-refractivity contribution >= 4 is 17.3 Å². The Hall–Kier alpha value is -2.10. The maximum Gasteiger partial charge on any atom is 0.227 e. The van der Waals surface area contributed by atoms with E-state index in [1.807, 2.05) is 42.7 Å². The van der Waals surface area contributed by atoms with E-state index in [-0.39, 0.29) is 0 Å². The Bertz CT molecular complexity index is 508. The second-order valence-electron chi connectivity index (χ2n) is 5.46. The minimum Gasteiger partial charge on any atom is -0.380 e. The Balaban J connectivity index is 1.93. The number of anilines is 3. The molecule has 2 aromatic rings. The molecule has 0 saturated carbocycles. The van der Waals surface area contributed by atoms with Crippen molar-refractivity contribution in [1.82, 2.24) is 9.97 Å². The number of nitrogens with one attached hydrogen (secondary N) is 2. The Morgan fingerprint density at radius 3 is 2.20 bits per heavy atom. The molecule has 1 heterocycles. The van der Waals surface area contributed by atoms with E-state index in [9.17, 15) is 0 Å². The largest absolute Gasteiger partial charge is 0.380 e. The zero-order valence-electron chi connectivity index (χ0n) is 12.3.